The van der Waals surface area contributed by atoms with Crippen LogP contribution in [0.3, 0.4) is 0 Å². The third-order valence-electron chi connectivity index (χ3n) is 5.23. The highest BCUT2D eigenvalue weighted by Crippen LogP contribution is 2.25. The van der Waals surface area contributed by atoms with Crippen molar-refractivity contribution in [1.29, 1.82) is 0 Å². The van der Waals surface area contributed by atoms with Crippen LogP contribution in [0.1, 0.15) is 54.4 Å². The predicted molar refractivity (Wildman–Crippen MR) is 137 cm³/mol. The van der Waals surface area contributed by atoms with Gasteiger partial charge in [-0.2, -0.15) is 0 Å². The summed E-state index contributed by atoms with van der Waals surface area (Å²) in [5.74, 6) is -2.87. The first-order valence-electron chi connectivity index (χ1n) is 12.1. The number of allylic oxidation sites excluding steroid dienone is 1. The van der Waals surface area contributed by atoms with Crippen molar-refractivity contribution in [2.24, 2.45) is 23.7 Å². The lowest BCUT2D eigenvalue weighted by molar-refractivity contribution is -0.148. The van der Waals surface area contributed by atoms with Crippen molar-refractivity contribution in [1.82, 2.24) is 21.2 Å². The number of nitrogens with zero attached hydrogens (tertiary/aromatic N) is 1. The Hall–Kier alpha value is -2.42. The quantitative estimate of drug-likeness (QED) is 0.261. The van der Waals surface area contributed by atoms with Gasteiger partial charge in [-0.05, 0) is 44.2 Å². The van der Waals surface area contributed by atoms with Crippen molar-refractivity contribution < 1.29 is 21.0 Å². The molecule has 0 bridgehead atoms. The number of hydrazine groups is 1. The number of benzene rings is 1. The van der Waals surface area contributed by atoms with Crippen LogP contribution in [0.2, 0.25) is 0 Å². The summed E-state index contributed by atoms with van der Waals surface area (Å²) in [5, 5.41) is 13.4. The van der Waals surface area contributed by atoms with Crippen molar-refractivity contribution in [2.75, 3.05) is 13.6 Å². The van der Waals surface area contributed by atoms with Crippen LogP contribution in [-0.4, -0.2) is 47.5 Å². The van der Waals surface area contributed by atoms with Crippen molar-refractivity contribution in [3.63, 3.8) is 0 Å². The van der Waals surface area contributed by atoms with Crippen molar-refractivity contribution >= 4 is 36.2 Å². The van der Waals surface area contributed by atoms with E-state index in [1.807, 2.05) is 70.2 Å². The summed E-state index contributed by atoms with van der Waals surface area (Å²) in [6.07, 6.45) is 4.31. The molecule has 3 atom stereocenters. The fourth-order valence-corrected chi connectivity index (χ4v) is 3.51. The van der Waals surface area contributed by atoms with Crippen molar-refractivity contribution in [2.45, 2.75) is 53.5 Å². The first kappa shape index (κ1) is 29.6. The second kappa shape index (κ2) is 16.2. The lowest BCUT2D eigenvalue weighted by Gasteiger charge is -2.31. The number of rotatable bonds is 12. The van der Waals surface area contributed by atoms with Crippen LogP contribution in [0.5, 0.6) is 0 Å². The van der Waals surface area contributed by atoms with Crippen LogP contribution in [0, 0.1) is 23.7 Å². The molecule has 0 fully saturated rings. The molecule has 0 aliphatic rings. The Morgan fingerprint density at radius 1 is 1.03 bits per heavy atom. The number of likely N-dealkylation sites (N-methyl/N-ethyl adjacent to an activating group) is 1. The maximum Gasteiger partial charge on any atom is 0.257 e. The van der Waals surface area contributed by atoms with Crippen LogP contribution >= 0.6 is 12.4 Å². The normalized spacial score (nSPS) is 14.2. The fourth-order valence-electron chi connectivity index (χ4n) is 3.51. The van der Waals surface area contributed by atoms with Crippen LogP contribution in [0.4, 0.5) is 0 Å². The van der Waals surface area contributed by atoms with E-state index in [1.54, 1.807) is 12.4 Å². The molecule has 0 saturated heterocycles. The maximum atomic E-state index is 13.4. The van der Waals surface area contributed by atoms with E-state index in [1.165, 1.54) is 5.01 Å². The highest BCUT2D eigenvalue weighted by atomic mass is 35.5. The minimum absolute atomic E-state index is 0. The second-order valence-electron chi connectivity index (χ2n) is 9.11. The predicted octanol–water partition coefficient (Wildman–Crippen LogP) is 3.42. The third kappa shape index (κ3) is 10.7. The fraction of sp³-hybridized carbons (Fsp3) is 0.560. The van der Waals surface area contributed by atoms with Gasteiger partial charge in [-0.15, -0.1) is 12.4 Å². The molecule has 0 aliphatic carbocycles. The van der Waals surface area contributed by atoms with E-state index in [9.17, 15) is 19.6 Å². The molecule has 192 valence electrons. The lowest BCUT2D eigenvalue weighted by Crippen LogP contribution is -2.56. The molecular formula is C25H41ClN4O4. The topological polar surface area (TPSA) is 111 Å². The molecule has 0 aliphatic heterocycles. The number of carbonyl (C=O) groups excluding carboxylic acids is 3. The van der Waals surface area contributed by atoms with Crippen LogP contribution in [0.15, 0.2) is 36.4 Å². The molecule has 0 spiro atoms. The van der Waals surface area contributed by atoms with Gasteiger partial charge >= 0.3 is 0 Å². The number of hydroxylamine groups is 1. The number of amides is 3. The molecular weight excluding hydrogens is 456 g/mol. The minimum atomic E-state index is -0.827. The summed E-state index contributed by atoms with van der Waals surface area (Å²) in [6, 6.07) is 8.93. The molecule has 34 heavy (non-hydrogen) atoms. The zero-order chi connectivity index (χ0) is 25.7. The number of halogens is 1. The molecule has 0 unspecified atom stereocenters. The summed E-state index contributed by atoms with van der Waals surface area (Å²) >= 11 is 0. The molecule has 0 heterocycles. The van der Waals surface area contributed by atoms with E-state index >= 15 is 0 Å². The largest absolute Gasteiger partial charge is 0.309 e. The lowest BCUT2D eigenvalue weighted by atomic mass is 9.82. The van der Waals surface area contributed by atoms with E-state index < -0.39 is 29.7 Å². The van der Waals surface area contributed by atoms with Crippen LogP contribution < -0.4 is 16.2 Å². The Morgan fingerprint density at radius 3 is 2.21 bits per heavy atom. The Morgan fingerprint density at radius 2 is 1.68 bits per heavy atom. The van der Waals surface area contributed by atoms with Gasteiger partial charge in [-0.1, -0.05) is 70.2 Å². The first-order valence-corrected chi connectivity index (χ1v) is 11.4. The molecule has 1 aromatic rings. The molecule has 8 nitrogen and oxygen atoms in total. The molecule has 0 radical (unpaired) electrons. The molecule has 9 heteroatoms. The van der Waals surface area contributed by atoms with Gasteiger partial charge in [-0.3, -0.25) is 30.0 Å². The van der Waals surface area contributed by atoms with Gasteiger partial charge in [0.15, 0.2) is 0 Å². The average molecular weight is 498 g/mol. The molecule has 4 N–H and O–H groups in total. The average Bonchev–Trinajstić information content (AvgIpc) is 2.79. The third-order valence-corrected chi connectivity index (χ3v) is 5.23. The summed E-state index contributed by atoms with van der Waals surface area (Å²) in [5.41, 5.74) is 5.38. The van der Waals surface area contributed by atoms with Crippen molar-refractivity contribution in [3.8, 4) is 0 Å². The van der Waals surface area contributed by atoms with E-state index in [0.717, 1.165) is 5.56 Å². The van der Waals surface area contributed by atoms with Crippen LogP contribution in [0.25, 0.3) is 6.08 Å². The van der Waals surface area contributed by atoms with Gasteiger partial charge in [0.1, 0.15) is 0 Å². The molecule has 0 aromatic heterocycles. The summed E-state index contributed by atoms with van der Waals surface area (Å²) in [6.45, 7) is 9.68. The summed E-state index contributed by atoms with van der Waals surface area (Å²) in [4.78, 5) is 38.9. The van der Waals surface area contributed by atoms with Crippen LogP contribution in [-0.2, 0) is 14.4 Å². The Labute approximate surface area is 211 Å². The minimum Gasteiger partial charge on any atom is -0.309 e. The standard InChI is InChI=1S/C25H40N4O4.ClH/c1-17(2)15-22(23(30)27-29(16-18(3)4)25(32)19(5)26-6)21(24(31)28-33)14-10-13-20-11-8-7-9-12-20;/h7-13,17-19,21-22,26,33H,14-16H2,1-6H3,(H,27,30)(H,28,31);1H/b13-10+;/t19-,21-,22+;/m0./s1/i6D;. The van der Waals surface area contributed by atoms with Gasteiger partial charge in [0.2, 0.25) is 11.8 Å². The molecule has 0 saturated carbocycles. The van der Waals surface area contributed by atoms with Gasteiger partial charge in [0.05, 0.1) is 17.9 Å². The molecule has 1 rings (SSSR count). The summed E-state index contributed by atoms with van der Waals surface area (Å²) < 4.78 is 7.30. The Bertz CT molecular complexity index is 808. The van der Waals surface area contributed by atoms with E-state index in [-0.39, 0.29) is 50.1 Å². The zero-order valence-electron chi connectivity index (χ0n) is 21.8. The van der Waals surface area contributed by atoms with E-state index in [4.69, 9.17) is 1.37 Å². The summed E-state index contributed by atoms with van der Waals surface area (Å²) in [7, 11) is -0.126. The maximum absolute atomic E-state index is 13.4. The van der Waals surface area contributed by atoms with E-state index in [2.05, 4.69) is 10.7 Å². The number of carbonyl (C=O) groups is 3. The van der Waals surface area contributed by atoms with Gasteiger partial charge < -0.3 is 5.32 Å². The number of nitrogens with one attached hydrogen (secondary N) is 3. The Kier molecular flexibility index (Phi) is 14.2. The zero-order valence-corrected chi connectivity index (χ0v) is 21.6. The SMILES string of the molecule is Cl.[2H]CN[C@@H](C)C(=O)N(CC(C)C)NC(=O)[C@H](CC(C)C)[C@H](C/C=C/c1ccccc1)C(=O)NO. The van der Waals surface area contributed by atoms with Gasteiger partial charge in [0.25, 0.3) is 5.91 Å². The highest BCUT2D eigenvalue weighted by molar-refractivity contribution is 5.89. The van der Waals surface area contributed by atoms with E-state index in [0.29, 0.717) is 6.42 Å². The second-order valence-corrected chi connectivity index (χ2v) is 9.11. The van der Waals surface area contributed by atoms with Gasteiger partial charge in [0, 0.05) is 7.92 Å². The monoisotopic (exact) mass is 497 g/mol. The Balaban J connectivity index is 0.0000116. The number of hydrogen-bond acceptors (Lipinski definition) is 5. The molecule has 1 aromatic carbocycles. The smallest absolute Gasteiger partial charge is 0.257 e. The molecule has 3 amide bonds. The number of hydrogen-bond donors (Lipinski definition) is 4. The highest BCUT2D eigenvalue weighted by Gasteiger charge is 2.35. The first-order chi connectivity index (χ1) is 16.1. The van der Waals surface area contributed by atoms with Gasteiger partial charge in [-0.25, -0.2) is 5.48 Å². The van der Waals surface area contributed by atoms with Crippen molar-refractivity contribution in [3.05, 3.63) is 42.0 Å².